The van der Waals surface area contributed by atoms with Crippen molar-refractivity contribution in [3.8, 4) is 0 Å². The van der Waals surface area contributed by atoms with E-state index in [2.05, 4.69) is 21.0 Å². The Morgan fingerprint density at radius 1 is 1.50 bits per heavy atom. The first-order valence-electron chi connectivity index (χ1n) is 3.56. The van der Waals surface area contributed by atoms with Gasteiger partial charge in [-0.2, -0.15) is 5.10 Å². The van der Waals surface area contributed by atoms with E-state index in [1.165, 1.54) is 0 Å². The van der Waals surface area contributed by atoms with E-state index in [0.717, 1.165) is 21.1 Å². The molecule has 0 aliphatic carbocycles. The van der Waals surface area contributed by atoms with E-state index in [1.54, 1.807) is 10.9 Å². The number of aromatic nitrogens is 2. The van der Waals surface area contributed by atoms with Crippen molar-refractivity contribution in [1.82, 2.24) is 9.78 Å². The minimum atomic E-state index is 0.751. The third-order valence-electron chi connectivity index (χ3n) is 1.92. The second-order valence-corrected chi connectivity index (χ2v) is 3.52. The number of anilines is 1. The van der Waals surface area contributed by atoms with Crippen LogP contribution in [0.1, 0.15) is 0 Å². The molecule has 2 rings (SSSR count). The first kappa shape index (κ1) is 7.61. The lowest BCUT2D eigenvalue weighted by Crippen LogP contribution is -1.90. The summed E-state index contributed by atoms with van der Waals surface area (Å²) in [5.41, 5.74) is 7.63. The molecule has 12 heavy (non-hydrogen) atoms. The number of rotatable bonds is 0. The smallest absolute Gasteiger partial charge is 0.0700 e. The van der Waals surface area contributed by atoms with Crippen molar-refractivity contribution in [3.63, 3.8) is 0 Å². The molecule has 0 unspecified atom stereocenters. The predicted molar refractivity (Wildman–Crippen MR) is 52.8 cm³/mol. The fourth-order valence-corrected chi connectivity index (χ4v) is 1.57. The number of benzene rings is 1. The van der Waals surface area contributed by atoms with Crippen LogP contribution in [-0.2, 0) is 7.05 Å². The molecule has 4 heteroatoms. The zero-order valence-electron chi connectivity index (χ0n) is 6.58. The third kappa shape index (κ3) is 0.914. The van der Waals surface area contributed by atoms with Gasteiger partial charge in [-0.05, 0) is 28.1 Å². The topological polar surface area (TPSA) is 43.8 Å². The molecule has 0 aliphatic heterocycles. The van der Waals surface area contributed by atoms with E-state index in [4.69, 9.17) is 5.73 Å². The Morgan fingerprint density at radius 2 is 2.25 bits per heavy atom. The molecule has 0 aliphatic rings. The van der Waals surface area contributed by atoms with Gasteiger partial charge in [-0.1, -0.05) is 0 Å². The van der Waals surface area contributed by atoms with Gasteiger partial charge in [-0.15, -0.1) is 0 Å². The lowest BCUT2D eigenvalue weighted by Gasteiger charge is -1.99. The van der Waals surface area contributed by atoms with Gasteiger partial charge in [0.15, 0.2) is 0 Å². The van der Waals surface area contributed by atoms with Crippen LogP contribution >= 0.6 is 15.9 Å². The molecular weight excluding hydrogens is 218 g/mol. The van der Waals surface area contributed by atoms with Crippen molar-refractivity contribution in [1.29, 1.82) is 0 Å². The zero-order valence-corrected chi connectivity index (χ0v) is 8.17. The van der Waals surface area contributed by atoms with Gasteiger partial charge in [-0.3, -0.25) is 4.68 Å². The van der Waals surface area contributed by atoms with E-state index in [-0.39, 0.29) is 0 Å². The maximum Gasteiger partial charge on any atom is 0.0700 e. The molecule has 0 saturated heterocycles. The van der Waals surface area contributed by atoms with Crippen LogP contribution in [0.15, 0.2) is 22.8 Å². The van der Waals surface area contributed by atoms with Crippen molar-refractivity contribution >= 4 is 32.5 Å². The molecule has 0 spiro atoms. The van der Waals surface area contributed by atoms with Crippen LogP contribution in [0.5, 0.6) is 0 Å². The SMILES string of the molecule is Cn1ncc2c(N)c(Br)ccc21. The summed E-state index contributed by atoms with van der Waals surface area (Å²) in [5.74, 6) is 0. The van der Waals surface area contributed by atoms with Gasteiger partial charge in [0.25, 0.3) is 0 Å². The van der Waals surface area contributed by atoms with E-state index in [9.17, 15) is 0 Å². The Labute approximate surface area is 78.3 Å². The number of aryl methyl sites for hydroxylation is 1. The lowest BCUT2D eigenvalue weighted by atomic mass is 10.2. The van der Waals surface area contributed by atoms with Gasteiger partial charge in [0.05, 0.1) is 17.4 Å². The number of nitrogens with two attached hydrogens (primary N) is 1. The molecule has 1 aromatic carbocycles. The van der Waals surface area contributed by atoms with E-state index >= 15 is 0 Å². The summed E-state index contributed by atoms with van der Waals surface area (Å²) in [4.78, 5) is 0. The first-order chi connectivity index (χ1) is 5.70. The summed E-state index contributed by atoms with van der Waals surface area (Å²) in [7, 11) is 1.90. The van der Waals surface area contributed by atoms with Gasteiger partial charge in [0.1, 0.15) is 0 Å². The lowest BCUT2D eigenvalue weighted by molar-refractivity contribution is 0.797. The molecule has 0 radical (unpaired) electrons. The molecule has 3 nitrogen and oxygen atoms in total. The molecule has 0 amide bonds. The van der Waals surface area contributed by atoms with Crippen LogP contribution in [-0.4, -0.2) is 9.78 Å². The highest BCUT2D eigenvalue weighted by molar-refractivity contribution is 9.10. The van der Waals surface area contributed by atoms with Crippen molar-refractivity contribution in [3.05, 3.63) is 22.8 Å². The average molecular weight is 226 g/mol. The van der Waals surface area contributed by atoms with Gasteiger partial charge in [0, 0.05) is 16.9 Å². The van der Waals surface area contributed by atoms with Gasteiger partial charge < -0.3 is 5.73 Å². The van der Waals surface area contributed by atoms with Crippen LogP contribution in [0.25, 0.3) is 10.9 Å². The van der Waals surface area contributed by atoms with E-state index in [0.29, 0.717) is 0 Å². The molecule has 0 saturated carbocycles. The molecule has 62 valence electrons. The average Bonchev–Trinajstić information content (AvgIpc) is 2.41. The van der Waals surface area contributed by atoms with Gasteiger partial charge in [-0.25, -0.2) is 0 Å². The second kappa shape index (κ2) is 2.48. The minimum absolute atomic E-state index is 0.751. The number of nitrogen functional groups attached to an aromatic ring is 1. The maximum atomic E-state index is 5.83. The van der Waals surface area contributed by atoms with Crippen molar-refractivity contribution < 1.29 is 0 Å². The molecule has 0 bridgehead atoms. The zero-order chi connectivity index (χ0) is 8.72. The molecule has 1 heterocycles. The molecular formula is C8H8BrN3. The third-order valence-corrected chi connectivity index (χ3v) is 2.61. The van der Waals surface area contributed by atoms with Crippen LogP contribution < -0.4 is 5.73 Å². The standard InChI is InChI=1S/C8H8BrN3/c1-12-7-3-2-6(9)8(10)5(7)4-11-12/h2-4H,10H2,1H3. The van der Waals surface area contributed by atoms with Crippen molar-refractivity contribution in [2.45, 2.75) is 0 Å². The number of halogens is 1. The summed E-state index contributed by atoms with van der Waals surface area (Å²) < 4.78 is 2.72. The Bertz CT molecular complexity index is 433. The Kier molecular flexibility index (Phi) is 1.58. The molecule has 1 aromatic heterocycles. The number of hydrogen-bond acceptors (Lipinski definition) is 2. The monoisotopic (exact) mass is 225 g/mol. The Morgan fingerprint density at radius 3 is 3.00 bits per heavy atom. The molecule has 2 aromatic rings. The highest BCUT2D eigenvalue weighted by Gasteiger charge is 2.04. The van der Waals surface area contributed by atoms with Crippen molar-refractivity contribution in [2.75, 3.05) is 5.73 Å². The number of nitrogens with zero attached hydrogens (tertiary/aromatic N) is 2. The van der Waals surface area contributed by atoms with E-state index < -0.39 is 0 Å². The largest absolute Gasteiger partial charge is 0.397 e. The second-order valence-electron chi connectivity index (χ2n) is 2.66. The first-order valence-corrected chi connectivity index (χ1v) is 4.35. The normalized spacial score (nSPS) is 10.8. The Hall–Kier alpha value is -1.03. The van der Waals surface area contributed by atoms with Gasteiger partial charge in [0.2, 0.25) is 0 Å². The summed E-state index contributed by atoms with van der Waals surface area (Å²) >= 11 is 3.36. The summed E-state index contributed by atoms with van der Waals surface area (Å²) in [6.07, 6.45) is 1.77. The summed E-state index contributed by atoms with van der Waals surface area (Å²) in [5, 5.41) is 5.11. The number of fused-ring (bicyclic) bond motifs is 1. The molecule has 2 N–H and O–H groups in total. The minimum Gasteiger partial charge on any atom is -0.397 e. The fourth-order valence-electron chi connectivity index (χ4n) is 1.22. The maximum absolute atomic E-state index is 5.83. The summed E-state index contributed by atoms with van der Waals surface area (Å²) in [6.45, 7) is 0. The van der Waals surface area contributed by atoms with Crippen LogP contribution in [0.2, 0.25) is 0 Å². The Balaban J connectivity index is 2.93. The van der Waals surface area contributed by atoms with Crippen LogP contribution in [0, 0.1) is 0 Å². The summed E-state index contributed by atoms with van der Waals surface area (Å²) in [6, 6.07) is 3.92. The van der Waals surface area contributed by atoms with Gasteiger partial charge >= 0.3 is 0 Å². The fraction of sp³-hybridized carbons (Fsp3) is 0.125. The molecule has 0 atom stereocenters. The quantitative estimate of drug-likeness (QED) is 0.697. The highest BCUT2D eigenvalue weighted by atomic mass is 79.9. The van der Waals surface area contributed by atoms with Crippen LogP contribution in [0.3, 0.4) is 0 Å². The van der Waals surface area contributed by atoms with Crippen LogP contribution in [0.4, 0.5) is 5.69 Å². The predicted octanol–water partition coefficient (Wildman–Crippen LogP) is 1.92. The number of hydrogen-bond donors (Lipinski definition) is 1. The highest BCUT2D eigenvalue weighted by Crippen LogP contribution is 2.27. The molecule has 0 fully saturated rings. The van der Waals surface area contributed by atoms with Crippen molar-refractivity contribution in [2.24, 2.45) is 7.05 Å². The van der Waals surface area contributed by atoms with E-state index in [1.807, 2.05) is 19.2 Å².